The van der Waals surface area contributed by atoms with Crippen LogP contribution in [0.1, 0.15) is 26.2 Å². The van der Waals surface area contributed by atoms with E-state index in [1.54, 1.807) is 12.1 Å². The van der Waals surface area contributed by atoms with E-state index in [0.717, 1.165) is 12.5 Å². The third-order valence-corrected chi connectivity index (χ3v) is 3.94. The Labute approximate surface area is 116 Å². The number of nitrogens with zero attached hydrogens (tertiary/aromatic N) is 2. The first-order valence-corrected chi connectivity index (χ1v) is 6.91. The van der Waals surface area contributed by atoms with E-state index < -0.39 is 4.92 Å². The highest BCUT2D eigenvalue weighted by atomic mass is 16.6. The zero-order chi connectivity index (χ0) is 14.1. The third kappa shape index (κ3) is 2.45. The summed E-state index contributed by atoms with van der Waals surface area (Å²) in [5.74, 6) is 1.42. The highest BCUT2D eigenvalue weighted by molar-refractivity contribution is 5.83. The number of aromatic nitrogens is 1. The zero-order valence-electron chi connectivity index (χ0n) is 11.3. The number of oxazole rings is 1. The molecule has 1 heterocycles. The molecule has 106 valence electrons. The molecule has 3 rings (SSSR count). The number of nitro benzene ring substituents is 1. The molecule has 6 heteroatoms. The van der Waals surface area contributed by atoms with Crippen LogP contribution in [-0.4, -0.2) is 16.5 Å². The number of rotatable bonds is 4. The monoisotopic (exact) mass is 275 g/mol. The highest BCUT2D eigenvalue weighted by Gasteiger charge is 2.22. The summed E-state index contributed by atoms with van der Waals surface area (Å²) in [5, 5.41) is 14.1. The van der Waals surface area contributed by atoms with Crippen molar-refractivity contribution in [3.8, 4) is 0 Å². The lowest BCUT2D eigenvalue weighted by molar-refractivity contribution is -0.383. The summed E-state index contributed by atoms with van der Waals surface area (Å²) in [6.07, 6.45) is 3.70. The molecule has 0 saturated heterocycles. The van der Waals surface area contributed by atoms with Gasteiger partial charge < -0.3 is 9.73 Å². The van der Waals surface area contributed by atoms with Crippen molar-refractivity contribution in [1.29, 1.82) is 0 Å². The van der Waals surface area contributed by atoms with Gasteiger partial charge in [0.2, 0.25) is 0 Å². The second-order valence-corrected chi connectivity index (χ2v) is 5.57. The maximum atomic E-state index is 10.9. The average Bonchev–Trinajstić information content (AvgIpc) is 3.01. The molecule has 0 radical (unpaired) electrons. The van der Waals surface area contributed by atoms with Gasteiger partial charge in [0.05, 0.1) is 4.92 Å². The lowest BCUT2D eigenvalue weighted by atomic mass is 10.1. The fourth-order valence-corrected chi connectivity index (χ4v) is 2.90. The molecule has 2 aromatic rings. The molecule has 0 aliphatic heterocycles. The molecule has 1 fully saturated rings. The van der Waals surface area contributed by atoms with Gasteiger partial charge in [-0.2, -0.15) is 4.98 Å². The molecule has 6 nitrogen and oxygen atoms in total. The van der Waals surface area contributed by atoms with Crippen LogP contribution in [0.4, 0.5) is 11.7 Å². The van der Waals surface area contributed by atoms with E-state index >= 15 is 0 Å². The molecule has 2 atom stereocenters. The van der Waals surface area contributed by atoms with Crippen molar-refractivity contribution < 1.29 is 9.34 Å². The lowest BCUT2D eigenvalue weighted by Gasteiger charge is -2.08. The number of benzene rings is 1. The van der Waals surface area contributed by atoms with E-state index in [-0.39, 0.29) is 5.69 Å². The van der Waals surface area contributed by atoms with Crippen LogP contribution in [0.25, 0.3) is 11.1 Å². The van der Waals surface area contributed by atoms with Crippen molar-refractivity contribution >= 4 is 22.8 Å². The summed E-state index contributed by atoms with van der Waals surface area (Å²) in [7, 11) is 0. The predicted molar refractivity (Wildman–Crippen MR) is 75.7 cm³/mol. The summed E-state index contributed by atoms with van der Waals surface area (Å²) in [4.78, 5) is 14.7. The number of fused-ring (bicyclic) bond motifs is 1. The minimum Gasteiger partial charge on any atom is -0.423 e. The molecule has 0 spiro atoms. The Kier molecular flexibility index (Phi) is 3.30. The highest BCUT2D eigenvalue weighted by Crippen LogP contribution is 2.31. The summed E-state index contributed by atoms with van der Waals surface area (Å²) in [6.45, 7) is 3.08. The Morgan fingerprint density at radius 1 is 1.50 bits per heavy atom. The van der Waals surface area contributed by atoms with Crippen LogP contribution >= 0.6 is 0 Å². The molecule has 1 aromatic carbocycles. The molecular formula is C14H17N3O3. The van der Waals surface area contributed by atoms with E-state index in [9.17, 15) is 10.1 Å². The molecule has 0 amide bonds. The van der Waals surface area contributed by atoms with Crippen LogP contribution in [0.3, 0.4) is 0 Å². The second-order valence-electron chi connectivity index (χ2n) is 5.57. The minimum absolute atomic E-state index is 0.0196. The summed E-state index contributed by atoms with van der Waals surface area (Å²) in [5.41, 5.74) is 0.732. The van der Waals surface area contributed by atoms with E-state index in [2.05, 4.69) is 17.2 Å². The topological polar surface area (TPSA) is 81.2 Å². The fourth-order valence-electron chi connectivity index (χ4n) is 2.90. The molecule has 2 unspecified atom stereocenters. The molecule has 1 aliphatic rings. The van der Waals surface area contributed by atoms with Crippen LogP contribution in [0.15, 0.2) is 22.6 Å². The van der Waals surface area contributed by atoms with Gasteiger partial charge in [0, 0.05) is 12.6 Å². The molecule has 1 aromatic heterocycles. The number of anilines is 1. The Balaban J connectivity index is 1.76. The SMILES string of the molecule is CC1CCC(CNc2nc3c([N+](=O)[O-])cccc3o2)C1. The number of hydrogen-bond acceptors (Lipinski definition) is 5. The van der Waals surface area contributed by atoms with Gasteiger partial charge in [-0.25, -0.2) is 0 Å². The maximum absolute atomic E-state index is 10.9. The third-order valence-electron chi connectivity index (χ3n) is 3.94. The number of non-ortho nitro benzene ring substituents is 1. The molecule has 20 heavy (non-hydrogen) atoms. The minimum atomic E-state index is -0.437. The first-order chi connectivity index (χ1) is 9.63. The fraction of sp³-hybridized carbons (Fsp3) is 0.500. The van der Waals surface area contributed by atoms with Gasteiger partial charge in [-0.3, -0.25) is 10.1 Å². The molecule has 0 bridgehead atoms. The van der Waals surface area contributed by atoms with Crippen LogP contribution in [0, 0.1) is 22.0 Å². The van der Waals surface area contributed by atoms with Crippen molar-refractivity contribution in [2.75, 3.05) is 11.9 Å². The Morgan fingerprint density at radius 2 is 2.35 bits per heavy atom. The Bertz CT molecular complexity index is 638. The second kappa shape index (κ2) is 5.11. The normalized spacial score (nSPS) is 22.2. The first kappa shape index (κ1) is 12.9. The standard InChI is InChI=1S/C14H17N3O3/c1-9-5-6-10(7-9)8-15-14-16-13-11(17(18)19)3-2-4-12(13)20-14/h2-4,9-10H,5-8H2,1H3,(H,15,16). The van der Waals surface area contributed by atoms with Gasteiger partial charge in [-0.15, -0.1) is 0 Å². The van der Waals surface area contributed by atoms with E-state index in [4.69, 9.17) is 4.42 Å². The van der Waals surface area contributed by atoms with Crippen LogP contribution in [0.2, 0.25) is 0 Å². The predicted octanol–water partition coefficient (Wildman–Crippen LogP) is 3.58. The van der Waals surface area contributed by atoms with Gasteiger partial charge in [0.1, 0.15) is 0 Å². The molecule has 1 N–H and O–H groups in total. The van der Waals surface area contributed by atoms with Crippen molar-refractivity contribution in [2.24, 2.45) is 11.8 Å². The van der Waals surface area contributed by atoms with Crippen LogP contribution in [-0.2, 0) is 0 Å². The van der Waals surface area contributed by atoms with Gasteiger partial charge in [-0.05, 0) is 30.7 Å². The average molecular weight is 275 g/mol. The van der Waals surface area contributed by atoms with Crippen molar-refractivity contribution in [1.82, 2.24) is 4.98 Å². The number of nitrogens with one attached hydrogen (secondary N) is 1. The van der Waals surface area contributed by atoms with E-state index in [1.807, 2.05) is 0 Å². The van der Waals surface area contributed by atoms with E-state index in [0.29, 0.717) is 23.0 Å². The Morgan fingerprint density at radius 3 is 3.05 bits per heavy atom. The summed E-state index contributed by atoms with van der Waals surface area (Å²) >= 11 is 0. The first-order valence-electron chi connectivity index (χ1n) is 6.91. The number of para-hydroxylation sites is 1. The van der Waals surface area contributed by atoms with Crippen molar-refractivity contribution in [3.05, 3.63) is 28.3 Å². The molecule has 1 saturated carbocycles. The summed E-state index contributed by atoms with van der Waals surface area (Å²) in [6, 6.07) is 5.10. The van der Waals surface area contributed by atoms with Gasteiger partial charge in [0.15, 0.2) is 11.1 Å². The zero-order valence-corrected chi connectivity index (χ0v) is 11.3. The Hall–Kier alpha value is -2.11. The van der Waals surface area contributed by atoms with Gasteiger partial charge >= 0.3 is 0 Å². The van der Waals surface area contributed by atoms with Crippen LogP contribution in [0.5, 0.6) is 0 Å². The number of nitro groups is 1. The van der Waals surface area contributed by atoms with Crippen molar-refractivity contribution in [3.63, 3.8) is 0 Å². The van der Waals surface area contributed by atoms with Gasteiger partial charge in [-0.1, -0.05) is 19.4 Å². The maximum Gasteiger partial charge on any atom is 0.298 e. The molecular weight excluding hydrogens is 258 g/mol. The summed E-state index contributed by atoms with van der Waals surface area (Å²) < 4.78 is 5.52. The van der Waals surface area contributed by atoms with Gasteiger partial charge in [0.25, 0.3) is 11.7 Å². The lowest BCUT2D eigenvalue weighted by Crippen LogP contribution is -2.11. The molecule has 1 aliphatic carbocycles. The van der Waals surface area contributed by atoms with E-state index in [1.165, 1.54) is 25.3 Å². The quantitative estimate of drug-likeness (QED) is 0.681. The number of hydrogen-bond donors (Lipinski definition) is 1. The largest absolute Gasteiger partial charge is 0.423 e. The smallest absolute Gasteiger partial charge is 0.298 e. The van der Waals surface area contributed by atoms with Crippen LogP contribution < -0.4 is 5.32 Å². The van der Waals surface area contributed by atoms with Crippen molar-refractivity contribution in [2.45, 2.75) is 26.2 Å².